The summed E-state index contributed by atoms with van der Waals surface area (Å²) in [6, 6.07) is 9.68. The summed E-state index contributed by atoms with van der Waals surface area (Å²) >= 11 is 1.50. The van der Waals surface area contributed by atoms with Gasteiger partial charge in [0.05, 0.1) is 6.04 Å². The fourth-order valence-corrected chi connectivity index (χ4v) is 2.09. The number of nitrogens with two attached hydrogens (primary N) is 1. The minimum atomic E-state index is -0.182. The van der Waals surface area contributed by atoms with Crippen molar-refractivity contribution >= 4 is 11.3 Å². The highest BCUT2D eigenvalue weighted by Gasteiger charge is 2.11. The van der Waals surface area contributed by atoms with Crippen LogP contribution in [0.1, 0.15) is 22.3 Å². The molecular weight excluding hydrogens is 204 g/mol. The van der Waals surface area contributed by atoms with Crippen LogP contribution in [-0.2, 0) is 0 Å². The van der Waals surface area contributed by atoms with Crippen LogP contribution in [0.4, 0.5) is 0 Å². The van der Waals surface area contributed by atoms with E-state index in [1.54, 1.807) is 0 Å². The summed E-state index contributed by atoms with van der Waals surface area (Å²) < 4.78 is 0. The van der Waals surface area contributed by atoms with Crippen molar-refractivity contribution in [2.24, 2.45) is 5.73 Å². The highest BCUT2D eigenvalue weighted by atomic mass is 32.1. The van der Waals surface area contributed by atoms with E-state index in [-0.39, 0.29) is 6.04 Å². The van der Waals surface area contributed by atoms with Crippen LogP contribution >= 0.6 is 11.3 Å². The van der Waals surface area contributed by atoms with E-state index in [1.165, 1.54) is 11.3 Å². The summed E-state index contributed by atoms with van der Waals surface area (Å²) in [6.45, 7) is 0. The molecule has 15 heavy (non-hydrogen) atoms. The molecule has 0 amide bonds. The maximum absolute atomic E-state index is 6.06. The first-order chi connectivity index (χ1) is 7.31. The van der Waals surface area contributed by atoms with Crippen LogP contribution in [0.3, 0.4) is 0 Å². The predicted molar refractivity (Wildman–Crippen MR) is 62.5 cm³/mol. The fraction of sp³-hybridized carbons (Fsp3) is 0.0833. The second kappa shape index (κ2) is 4.26. The van der Waals surface area contributed by atoms with Gasteiger partial charge in [-0.2, -0.15) is 0 Å². The molecule has 0 radical (unpaired) electrons. The molecule has 0 saturated heterocycles. The van der Waals surface area contributed by atoms with Crippen molar-refractivity contribution in [2.75, 3.05) is 0 Å². The van der Waals surface area contributed by atoms with Gasteiger partial charge in [-0.1, -0.05) is 30.3 Å². The number of hydrogen-bond acceptors (Lipinski definition) is 3. The van der Waals surface area contributed by atoms with E-state index in [0.29, 0.717) is 5.69 Å². The van der Waals surface area contributed by atoms with E-state index >= 15 is 0 Å². The lowest BCUT2D eigenvalue weighted by atomic mass is 10.1. The Labute approximate surface area is 92.8 Å². The van der Waals surface area contributed by atoms with Gasteiger partial charge in [0.25, 0.3) is 0 Å². The monoisotopic (exact) mass is 214 g/mol. The third kappa shape index (κ3) is 2.07. The Balaban J connectivity index is 2.29. The quantitative estimate of drug-likeness (QED) is 0.778. The Morgan fingerprint density at radius 2 is 2.07 bits per heavy atom. The SMILES string of the molecule is C#Cc1csc(C(N)c2ccccc2)n1. The Bertz CT molecular complexity index is 482. The van der Waals surface area contributed by atoms with E-state index in [9.17, 15) is 0 Å². The molecule has 0 fully saturated rings. The van der Waals surface area contributed by atoms with Crippen molar-refractivity contribution in [1.29, 1.82) is 0 Å². The Morgan fingerprint density at radius 3 is 2.67 bits per heavy atom. The molecule has 3 heteroatoms. The van der Waals surface area contributed by atoms with Gasteiger partial charge in [-0.3, -0.25) is 0 Å². The van der Waals surface area contributed by atoms with Gasteiger partial charge in [-0.05, 0) is 11.5 Å². The van der Waals surface area contributed by atoms with Crippen LogP contribution < -0.4 is 5.73 Å². The summed E-state index contributed by atoms with van der Waals surface area (Å²) in [4.78, 5) is 4.26. The maximum atomic E-state index is 6.06. The second-order valence-electron chi connectivity index (χ2n) is 3.10. The molecular formula is C12H10N2S. The predicted octanol–water partition coefficient (Wildman–Crippen LogP) is 2.17. The Morgan fingerprint density at radius 1 is 1.33 bits per heavy atom. The van der Waals surface area contributed by atoms with Gasteiger partial charge >= 0.3 is 0 Å². The highest BCUT2D eigenvalue weighted by Crippen LogP contribution is 2.22. The summed E-state index contributed by atoms with van der Waals surface area (Å²) in [5, 5.41) is 2.70. The van der Waals surface area contributed by atoms with Crippen LogP contribution in [-0.4, -0.2) is 4.98 Å². The molecule has 2 nitrogen and oxygen atoms in total. The van der Waals surface area contributed by atoms with Gasteiger partial charge in [0, 0.05) is 5.38 Å². The lowest BCUT2D eigenvalue weighted by Gasteiger charge is -2.07. The number of terminal acetylenes is 1. The van der Waals surface area contributed by atoms with Crippen LogP contribution in [0, 0.1) is 12.3 Å². The van der Waals surface area contributed by atoms with Crippen molar-refractivity contribution in [1.82, 2.24) is 4.98 Å². The zero-order valence-electron chi connectivity index (χ0n) is 8.05. The molecule has 1 aromatic carbocycles. The molecule has 0 aliphatic rings. The van der Waals surface area contributed by atoms with Gasteiger partial charge in [-0.15, -0.1) is 17.8 Å². The first kappa shape index (κ1) is 9.91. The molecule has 0 spiro atoms. The molecule has 1 heterocycles. The summed E-state index contributed by atoms with van der Waals surface area (Å²) in [5.41, 5.74) is 7.77. The largest absolute Gasteiger partial charge is 0.318 e. The van der Waals surface area contributed by atoms with E-state index in [1.807, 2.05) is 35.7 Å². The number of hydrogen-bond donors (Lipinski definition) is 1. The maximum Gasteiger partial charge on any atom is 0.124 e. The number of nitrogens with zero attached hydrogens (tertiary/aromatic N) is 1. The summed E-state index contributed by atoms with van der Waals surface area (Å²) in [5.74, 6) is 2.50. The van der Waals surface area contributed by atoms with Gasteiger partial charge in [0.15, 0.2) is 0 Å². The zero-order chi connectivity index (χ0) is 10.7. The molecule has 0 saturated carbocycles. The first-order valence-corrected chi connectivity index (χ1v) is 5.42. The molecule has 0 aliphatic carbocycles. The number of rotatable bonds is 2. The molecule has 1 atom stereocenters. The second-order valence-corrected chi connectivity index (χ2v) is 3.99. The number of aromatic nitrogens is 1. The van der Waals surface area contributed by atoms with E-state index < -0.39 is 0 Å². The number of benzene rings is 1. The summed E-state index contributed by atoms with van der Waals surface area (Å²) in [7, 11) is 0. The van der Waals surface area contributed by atoms with Gasteiger partial charge in [0.2, 0.25) is 0 Å². The molecule has 2 N–H and O–H groups in total. The lowest BCUT2D eigenvalue weighted by molar-refractivity contribution is 0.856. The third-order valence-electron chi connectivity index (χ3n) is 2.09. The van der Waals surface area contributed by atoms with Crippen LogP contribution in [0.25, 0.3) is 0 Å². The topological polar surface area (TPSA) is 38.9 Å². The number of thiazole rings is 1. The molecule has 74 valence electrons. The minimum Gasteiger partial charge on any atom is -0.318 e. The van der Waals surface area contributed by atoms with E-state index in [2.05, 4.69) is 10.9 Å². The van der Waals surface area contributed by atoms with Crippen molar-refractivity contribution in [3.63, 3.8) is 0 Å². The molecule has 0 aliphatic heterocycles. The summed E-state index contributed by atoms with van der Waals surface area (Å²) in [6.07, 6.45) is 5.26. The Kier molecular flexibility index (Phi) is 2.82. The molecule has 2 rings (SSSR count). The van der Waals surface area contributed by atoms with Gasteiger partial charge in [-0.25, -0.2) is 4.98 Å². The molecule has 1 unspecified atom stereocenters. The smallest absolute Gasteiger partial charge is 0.124 e. The van der Waals surface area contributed by atoms with Gasteiger partial charge < -0.3 is 5.73 Å². The average Bonchev–Trinajstić information content (AvgIpc) is 2.78. The van der Waals surface area contributed by atoms with Crippen LogP contribution in [0.2, 0.25) is 0 Å². The average molecular weight is 214 g/mol. The first-order valence-electron chi connectivity index (χ1n) is 4.54. The fourth-order valence-electron chi connectivity index (χ4n) is 1.30. The van der Waals surface area contributed by atoms with Crippen molar-refractivity contribution < 1.29 is 0 Å². The normalized spacial score (nSPS) is 12.0. The van der Waals surface area contributed by atoms with E-state index in [4.69, 9.17) is 12.2 Å². The van der Waals surface area contributed by atoms with Crippen LogP contribution in [0.5, 0.6) is 0 Å². The third-order valence-corrected chi connectivity index (χ3v) is 3.02. The standard InChI is InChI=1S/C12H10N2S/c1-2-10-8-15-12(14-10)11(13)9-6-4-3-5-7-9/h1,3-8,11H,13H2. The van der Waals surface area contributed by atoms with Crippen molar-refractivity contribution in [2.45, 2.75) is 6.04 Å². The molecule has 1 aromatic heterocycles. The Hall–Kier alpha value is -1.63. The molecule has 2 aromatic rings. The zero-order valence-corrected chi connectivity index (χ0v) is 8.87. The highest BCUT2D eigenvalue weighted by molar-refractivity contribution is 7.09. The van der Waals surface area contributed by atoms with Crippen molar-refractivity contribution in [3.05, 3.63) is 52.0 Å². The lowest BCUT2D eigenvalue weighted by Crippen LogP contribution is -2.11. The van der Waals surface area contributed by atoms with Gasteiger partial charge in [0.1, 0.15) is 10.7 Å². The van der Waals surface area contributed by atoms with Crippen molar-refractivity contribution in [3.8, 4) is 12.3 Å². The minimum absolute atomic E-state index is 0.182. The van der Waals surface area contributed by atoms with E-state index in [0.717, 1.165) is 10.6 Å². The van der Waals surface area contributed by atoms with Crippen LogP contribution in [0.15, 0.2) is 35.7 Å². The molecule has 0 bridgehead atoms.